The molecule has 7 heteroatoms. The number of hydrogen-bond donors (Lipinski definition) is 2. The van der Waals surface area contributed by atoms with E-state index < -0.39 is 27.1 Å². The lowest BCUT2D eigenvalue weighted by molar-refractivity contribution is 0.112. The number of halogens is 1. The predicted octanol–water partition coefficient (Wildman–Crippen LogP) is 2.53. The monoisotopic (exact) mass is 380 g/mol. The van der Waals surface area contributed by atoms with Gasteiger partial charge in [-0.15, -0.1) is 0 Å². The van der Waals surface area contributed by atoms with Gasteiger partial charge in [0.1, 0.15) is 5.82 Å². The summed E-state index contributed by atoms with van der Waals surface area (Å²) < 4.78 is 46.2. The number of sulfonamides is 1. The summed E-state index contributed by atoms with van der Waals surface area (Å²) in [4.78, 5) is 0. The Morgan fingerprint density at radius 3 is 2.42 bits per heavy atom. The van der Waals surface area contributed by atoms with Crippen molar-refractivity contribution < 1.29 is 17.5 Å². The zero-order valence-electron chi connectivity index (χ0n) is 14.8. The topological polar surface area (TPSA) is 81.4 Å². The molecule has 0 saturated carbocycles. The van der Waals surface area contributed by atoms with Crippen LogP contribution in [0.15, 0.2) is 54.6 Å². The first-order valence-corrected chi connectivity index (χ1v) is 10.1. The zero-order chi connectivity index (χ0) is 19.0. The Morgan fingerprint density at radius 2 is 1.77 bits per heavy atom. The summed E-state index contributed by atoms with van der Waals surface area (Å²) in [5.41, 5.74) is 6.28. The van der Waals surface area contributed by atoms with Crippen LogP contribution in [0, 0.1) is 5.82 Å². The molecule has 3 N–H and O–H groups in total. The minimum Gasteiger partial charge on any atom is -0.377 e. The van der Waals surface area contributed by atoms with Gasteiger partial charge in [-0.3, -0.25) is 0 Å². The van der Waals surface area contributed by atoms with Crippen LogP contribution in [0.25, 0.3) is 0 Å². The molecule has 1 atom stereocenters. The number of ether oxygens (including phenoxy) is 1. The number of rotatable bonds is 10. The maximum absolute atomic E-state index is 14.2. The van der Waals surface area contributed by atoms with Crippen molar-refractivity contribution in [3.05, 3.63) is 71.5 Å². The lowest BCUT2D eigenvalue weighted by atomic mass is 9.88. The Morgan fingerprint density at radius 1 is 1.12 bits per heavy atom. The van der Waals surface area contributed by atoms with Crippen LogP contribution in [0.4, 0.5) is 4.39 Å². The molecule has 26 heavy (non-hydrogen) atoms. The molecule has 0 aliphatic rings. The summed E-state index contributed by atoms with van der Waals surface area (Å²) in [6, 6.07) is 15.8. The first kappa shape index (κ1) is 20.5. The molecule has 2 aromatic carbocycles. The lowest BCUT2D eigenvalue weighted by Crippen LogP contribution is -2.46. The average Bonchev–Trinajstić information content (AvgIpc) is 2.62. The van der Waals surface area contributed by atoms with Crippen molar-refractivity contribution in [2.24, 2.45) is 5.73 Å². The molecule has 0 bridgehead atoms. The zero-order valence-corrected chi connectivity index (χ0v) is 15.6. The van der Waals surface area contributed by atoms with E-state index in [1.54, 1.807) is 12.1 Å². The van der Waals surface area contributed by atoms with Crippen molar-refractivity contribution in [3.8, 4) is 0 Å². The smallest absolute Gasteiger partial charge is 0.213 e. The predicted molar refractivity (Wildman–Crippen MR) is 100 cm³/mol. The van der Waals surface area contributed by atoms with Crippen molar-refractivity contribution in [3.63, 3.8) is 0 Å². The van der Waals surface area contributed by atoms with Crippen molar-refractivity contribution in [2.75, 3.05) is 19.4 Å². The van der Waals surface area contributed by atoms with Crippen molar-refractivity contribution in [1.29, 1.82) is 0 Å². The average molecular weight is 380 g/mol. The van der Waals surface area contributed by atoms with Crippen LogP contribution in [0.5, 0.6) is 0 Å². The summed E-state index contributed by atoms with van der Waals surface area (Å²) >= 11 is 0. The molecule has 0 saturated heterocycles. The molecule has 0 aromatic heterocycles. The lowest BCUT2D eigenvalue weighted by Gasteiger charge is -2.30. The van der Waals surface area contributed by atoms with Gasteiger partial charge in [-0.2, -0.15) is 0 Å². The maximum atomic E-state index is 14.2. The maximum Gasteiger partial charge on any atom is 0.213 e. The number of nitrogens with one attached hydrogen (secondary N) is 1. The number of hydrogen-bond acceptors (Lipinski definition) is 4. The number of benzene rings is 2. The molecule has 0 aliphatic carbocycles. The van der Waals surface area contributed by atoms with E-state index in [4.69, 9.17) is 10.5 Å². The molecule has 0 fully saturated rings. The van der Waals surface area contributed by atoms with Gasteiger partial charge in [0.25, 0.3) is 0 Å². The molecule has 0 aliphatic heterocycles. The summed E-state index contributed by atoms with van der Waals surface area (Å²) in [6.07, 6.45) is 0.792. The summed E-state index contributed by atoms with van der Waals surface area (Å²) in [5.74, 6) is -0.901. The third-order valence-corrected chi connectivity index (χ3v) is 5.71. The van der Waals surface area contributed by atoms with Gasteiger partial charge in [-0.1, -0.05) is 48.5 Å². The second kappa shape index (κ2) is 9.23. The van der Waals surface area contributed by atoms with E-state index in [1.165, 1.54) is 19.2 Å². The highest BCUT2D eigenvalue weighted by Crippen LogP contribution is 2.28. The fourth-order valence-corrected chi connectivity index (χ4v) is 3.94. The third kappa shape index (κ3) is 5.88. The fraction of sp³-hybridized carbons (Fsp3) is 0.368. The molecule has 2 rings (SSSR count). The van der Waals surface area contributed by atoms with Gasteiger partial charge in [0.05, 0.1) is 17.9 Å². The standard InChI is InChI=1S/C19H25FN2O3S/c1-22-26(23,24)15-19(21,17-10-5-6-11-18(17)20)12-7-13-25-14-16-8-3-2-4-9-16/h2-6,8-11,22H,7,12-15,21H2,1H3. The Balaban J connectivity index is 2.01. The van der Waals surface area contributed by atoms with Crippen LogP contribution >= 0.6 is 0 Å². The highest BCUT2D eigenvalue weighted by Gasteiger charge is 2.34. The van der Waals surface area contributed by atoms with Crippen LogP contribution < -0.4 is 10.5 Å². The molecular weight excluding hydrogens is 355 g/mol. The summed E-state index contributed by atoms with van der Waals surface area (Å²) in [5, 5.41) is 0. The Kier molecular flexibility index (Phi) is 7.28. The van der Waals surface area contributed by atoms with Crippen LogP contribution in [0.2, 0.25) is 0 Å². The van der Waals surface area contributed by atoms with E-state index in [2.05, 4.69) is 4.72 Å². The highest BCUT2D eigenvalue weighted by atomic mass is 32.2. The Labute approximate surface area is 154 Å². The minimum atomic E-state index is -3.61. The molecule has 0 amide bonds. The van der Waals surface area contributed by atoms with Gasteiger partial charge in [-0.05, 0) is 31.5 Å². The quantitative estimate of drug-likeness (QED) is 0.621. The molecule has 0 radical (unpaired) electrons. The van der Waals surface area contributed by atoms with E-state index >= 15 is 0 Å². The van der Waals surface area contributed by atoms with Crippen LogP contribution in [0.3, 0.4) is 0 Å². The normalized spacial score (nSPS) is 14.1. The van der Waals surface area contributed by atoms with E-state index in [1.807, 2.05) is 30.3 Å². The van der Waals surface area contributed by atoms with Crippen LogP contribution in [-0.2, 0) is 26.9 Å². The Hall–Kier alpha value is -1.80. The van der Waals surface area contributed by atoms with Crippen molar-refractivity contribution >= 4 is 10.0 Å². The summed E-state index contributed by atoms with van der Waals surface area (Å²) in [7, 11) is -2.29. The van der Waals surface area contributed by atoms with Gasteiger partial charge in [0.2, 0.25) is 10.0 Å². The first-order valence-electron chi connectivity index (χ1n) is 8.43. The molecule has 142 valence electrons. The van der Waals surface area contributed by atoms with Gasteiger partial charge >= 0.3 is 0 Å². The van der Waals surface area contributed by atoms with Crippen molar-refractivity contribution in [2.45, 2.75) is 25.0 Å². The van der Waals surface area contributed by atoms with Crippen molar-refractivity contribution in [1.82, 2.24) is 4.72 Å². The third-order valence-electron chi connectivity index (χ3n) is 4.19. The largest absolute Gasteiger partial charge is 0.377 e. The van der Waals surface area contributed by atoms with Gasteiger partial charge in [0, 0.05) is 12.2 Å². The fourth-order valence-electron chi connectivity index (χ4n) is 2.81. The second-order valence-electron chi connectivity index (χ2n) is 6.24. The molecule has 5 nitrogen and oxygen atoms in total. The second-order valence-corrected chi connectivity index (χ2v) is 8.17. The number of nitrogens with two attached hydrogens (primary N) is 1. The molecule has 1 unspecified atom stereocenters. The van der Waals surface area contributed by atoms with E-state index in [9.17, 15) is 12.8 Å². The van der Waals surface area contributed by atoms with Crippen LogP contribution in [-0.4, -0.2) is 27.8 Å². The first-order chi connectivity index (χ1) is 12.4. The molecule has 0 spiro atoms. The SMILES string of the molecule is CNS(=O)(=O)CC(N)(CCCOCc1ccccc1)c1ccccc1F. The van der Waals surface area contributed by atoms with Crippen LogP contribution in [0.1, 0.15) is 24.0 Å². The molecular formula is C19H25FN2O3S. The highest BCUT2D eigenvalue weighted by molar-refractivity contribution is 7.89. The summed E-state index contributed by atoms with van der Waals surface area (Å²) in [6.45, 7) is 0.870. The van der Waals surface area contributed by atoms with Gasteiger partial charge < -0.3 is 10.5 Å². The van der Waals surface area contributed by atoms with E-state index in [-0.39, 0.29) is 12.0 Å². The van der Waals surface area contributed by atoms with Gasteiger partial charge in [0.15, 0.2) is 0 Å². The molecule has 0 heterocycles. The van der Waals surface area contributed by atoms with Gasteiger partial charge in [-0.25, -0.2) is 17.5 Å². The molecule has 2 aromatic rings. The van der Waals surface area contributed by atoms with E-state index in [0.717, 1.165) is 5.56 Å². The van der Waals surface area contributed by atoms with E-state index in [0.29, 0.717) is 19.6 Å². The Bertz CT molecular complexity index is 799. The minimum absolute atomic E-state index is 0.196.